The molecule has 0 saturated heterocycles. The molecule has 3 aromatic carbocycles. The number of benzene rings is 3. The van der Waals surface area contributed by atoms with Gasteiger partial charge in [-0.1, -0.05) is 36.5 Å². The second-order valence-corrected chi connectivity index (χ2v) is 9.37. The standard InChI is InChI=1S/C26H26N6OS2/c1-4-33-22-13-11-19(12-14-22)29-26(34)35-25-31-23(27-20-9-5-7-17(2)15-20)30-24(32-25)28-21-10-6-8-18(3)16-21/h5-16H,4H2,1-3H3,(H,29,34)(H2,27,28,30,31,32). The van der Waals surface area contributed by atoms with Gasteiger partial charge in [-0.05, 0) is 92.2 Å². The van der Waals surface area contributed by atoms with Gasteiger partial charge in [0.1, 0.15) is 10.1 Å². The third-order valence-corrected chi connectivity index (χ3v) is 5.76. The third-order valence-electron chi connectivity index (χ3n) is 4.76. The molecule has 0 fully saturated rings. The van der Waals surface area contributed by atoms with Gasteiger partial charge in [-0.25, -0.2) is 0 Å². The number of nitrogens with one attached hydrogen (secondary N) is 3. The zero-order chi connectivity index (χ0) is 24.6. The normalized spacial score (nSPS) is 10.5. The Labute approximate surface area is 214 Å². The highest BCUT2D eigenvalue weighted by Gasteiger charge is 2.11. The Hall–Kier alpha value is -3.69. The molecule has 9 heteroatoms. The number of thiocarbonyl (C=S) groups is 1. The van der Waals surface area contributed by atoms with Crippen LogP contribution in [0.15, 0.2) is 78.0 Å². The fourth-order valence-corrected chi connectivity index (χ4v) is 4.19. The number of rotatable bonds is 8. The fourth-order valence-electron chi connectivity index (χ4n) is 3.25. The Morgan fingerprint density at radius 1 is 0.800 bits per heavy atom. The van der Waals surface area contributed by atoms with Gasteiger partial charge < -0.3 is 20.7 Å². The molecular weight excluding hydrogens is 476 g/mol. The molecule has 0 radical (unpaired) electrons. The van der Waals surface area contributed by atoms with E-state index in [-0.39, 0.29) is 0 Å². The minimum atomic E-state index is 0.423. The molecule has 4 rings (SSSR count). The van der Waals surface area contributed by atoms with Gasteiger partial charge in [0.25, 0.3) is 0 Å². The van der Waals surface area contributed by atoms with E-state index in [9.17, 15) is 0 Å². The lowest BCUT2D eigenvalue weighted by Gasteiger charge is -2.12. The SMILES string of the molecule is CCOc1ccc(NC(=S)Sc2nc(Nc3cccc(C)c3)nc(Nc3cccc(C)c3)n2)cc1. The molecule has 1 aromatic heterocycles. The van der Waals surface area contributed by atoms with Crippen molar-refractivity contribution in [3.8, 4) is 5.75 Å². The molecule has 0 saturated carbocycles. The maximum Gasteiger partial charge on any atom is 0.233 e. The summed E-state index contributed by atoms with van der Waals surface area (Å²) in [6.07, 6.45) is 0. The van der Waals surface area contributed by atoms with E-state index in [0.29, 0.717) is 28.0 Å². The first-order valence-electron chi connectivity index (χ1n) is 11.1. The van der Waals surface area contributed by atoms with E-state index in [4.69, 9.17) is 17.0 Å². The van der Waals surface area contributed by atoms with Crippen LogP contribution in [0.4, 0.5) is 29.0 Å². The number of nitrogens with zero attached hydrogens (tertiary/aromatic N) is 3. The molecule has 1 heterocycles. The van der Waals surface area contributed by atoms with Crippen molar-refractivity contribution < 1.29 is 4.74 Å². The van der Waals surface area contributed by atoms with E-state index in [2.05, 4.69) is 30.9 Å². The largest absolute Gasteiger partial charge is 0.494 e. The van der Waals surface area contributed by atoms with Gasteiger partial charge in [0.15, 0.2) is 0 Å². The summed E-state index contributed by atoms with van der Waals surface area (Å²) in [6, 6.07) is 23.7. The highest BCUT2D eigenvalue weighted by Crippen LogP contribution is 2.24. The minimum Gasteiger partial charge on any atom is -0.494 e. The van der Waals surface area contributed by atoms with Crippen LogP contribution < -0.4 is 20.7 Å². The third kappa shape index (κ3) is 7.40. The van der Waals surface area contributed by atoms with Gasteiger partial charge in [-0.2, -0.15) is 15.0 Å². The lowest BCUT2D eigenvalue weighted by Crippen LogP contribution is -2.09. The monoisotopic (exact) mass is 502 g/mol. The van der Waals surface area contributed by atoms with E-state index < -0.39 is 0 Å². The summed E-state index contributed by atoms with van der Waals surface area (Å²) in [4.78, 5) is 13.7. The zero-order valence-electron chi connectivity index (χ0n) is 19.7. The number of ether oxygens (including phenoxy) is 1. The number of hydrogen-bond acceptors (Lipinski definition) is 8. The highest BCUT2D eigenvalue weighted by atomic mass is 32.2. The van der Waals surface area contributed by atoms with Crippen LogP contribution in [0.1, 0.15) is 18.1 Å². The predicted octanol–water partition coefficient (Wildman–Crippen LogP) is 6.86. The van der Waals surface area contributed by atoms with E-state index in [0.717, 1.165) is 33.9 Å². The van der Waals surface area contributed by atoms with Crippen molar-refractivity contribution in [3.05, 3.63) is 83.9 Å². The molecule has 178 valence electrons. The summed E-state index contributed by atoms with van der Waals surface area (Å²) in [6.45, 7) is 6.65. The Bertz CT molecular complexity index is 1250. The Morgan fingerprint density at radius 3 is 1.89 bits per heavy atom. The Kier molecular flexibility index (Phi) is 8.12. The van der Waals surface area contributed by atoms with Crippen LogP contribution in [0.2, 0.25) is 0 Å². The summed E-state index contributed by atoms with van der Waals surface area (Å²) in [5.41, 5.74) is 4.92. The van der Waals surface area contributed by atoms with Crippen LogP contribution in [0.5, 0.6) is 5.75 Å². The first kappa shape index (κ1) is 24.4. The van der Waals surface area contributed by atoms with Crippen molar-refractivity contribution in [1.29, 1.82) is 0 Å². The lowest BCUT2D eigenvalue weighted by atomic mass is 10.2. The number of aryl methyl sites for hydroxylation is 2. The summed E-state index contributed by atoms with van der Waals surface area (Å²) < 4.78 is 6.01. The predicted molar refractivity (Wildman–Crippen MR) is 148 cm³/mol. The molecule has 0 aliphatic heterocycles. The average Bonchev–Trinajstić information content (AvgIpc) is 2.80. The highest BCUT2D eigenvalue weighted by molar-refractivity contribution is 8.23. The molecule has 0 bridgehead atoms. The van der Waals surface area contributed by atoms with Crippen LogP contribution in [-0.2, 0) is 0 Å². The molecule has 0 atom stereocenters. The topological polar surface area (TPSA) is 84.0 Å². The van der Waals surface area contributed by atoms with Crippen LogP contribution in [-0.4, -0.2) is 25.9 Å². The van der Waals surface area contributed by atoms with Crippen LogP contribution >= 0.6 is 24.0 Å². The first-order chi connectivity index (χ1) is 17.0. The summed E-state index contributed by atoms with van der Waals surface area (Å²) >= 11 is 6.82. The van der Waals surface area contributed by atoms with Crippen LogP contribution in [0, 0.1) is 13.8 Å². The van der Waals surface area contributed by atoms with Crippen LogP contribution in [0.25, 0.3) is 0 Å². The molecule has 0 unspecified atom stereocenters. The van der Waals surface area contributed by atoms with Gasteiger partial charge >= 0.3 is 0 Å². The van der Waals surface area contributed by atoms with Crippen LogP contribution in [0.3, 0.4) is 0 Å². The molecule has 4 aromatic rings. The summed E-state index contributed by atoms with van der Waals surface area (Å²) in [5, 5.41) is 10.2. The molecule has 35 heavy (non-hydrogen) atoms. The van der Waals surface area contributed by atoms with Gasteiger partial charge in [0.05, 0.1) is 6.61 Å². The minimum absolute atomic E-state index is 0.423. The fraction of sp³-hybridized carbons (Fsp3) is 0.154. The lowest BCUT2D eigenvalue weighted by molar-refractivity contribution is 0.340. The Balaban J connectivity index is 1.54. The molecule has 3 N–H and O–H groups in total. The van der Waals surface area contributed by atoms with Crippen molar-refractivity contribution in [2.75, 3.05) is 22.6 Å². The summed E-state index contributed by atoms with van der Waals surface area (Å²) in [7, 11) is 0. The second-order valence-electron chi connectivity index (χ2n) is 7.73. The molecule has 7 nitrogen and oxygen atoms in total. The van der Waals surface area contributed by atoms with E-state index in [1.165, 1.54) is 11.8 Å². The maximum absolute atomic E-state index is 5.56. The Morgan fingerprint density at radius 2 is 1.37 bits per heavy atom. The number of hydrogen-bond donors (Lipinski definition) is 3. The molecule has 0 amide bonds. The van der Waals surface area contributed by atoms with Gasteiger partial charge in [0.2, 0.25) is 17.1 Å². The van der Waals surface area contributed by atoms with E-state index in [1.54, 1.807) is 0 Å². The van der Waals surface area contributed by atoms with Gasteiger partial charge in [-0.15, -0.1) is 0 Å². The van der Waals surface area contributed by atoms with Crippen molar-refractivity contribution in [2.45, 2.75) is 25.9 Å². The van der Waals surface area contributed by atoms with Crippen molar-refractivity contribution >= 4 is 57.3 Å². The molecule has 0 aliphatic rings. The molecule has 0 spiro atoms. The summed E-state index contributed by atoms with van der Waals surface area (Å²) in [5.74, 6) is 1.66. The van der Waals surface area contributed by atoms with Crippen molar-refractivity contribution in [2.24, 2.45) is 0 Å². The number of thioether (sulfide) groups is 1. The smallest absolute Gasteiger partial charge is 0.233 e. The van der Waals surface area contributed by atoms with Gasteiger partial charge in [-0.3, -0.25) is 0 Å². The van der Waals surface area contributed by atoms with E-state index >= 15 is 0 Å². The number of anilines is 5. The van der Waals surface area contributed by atoms with Gasteiger partial charge in [0, 0.05) is 17.1 Å². The average molecular weight is 503 g/mol. The van der Waals surface area contributed by atoms with Crippen molar-refractivity contribution in [3.63, 3.8) is 0 Å². The zero-order valence-corrected chi connectivity index (χ0v) is 21.3. The molecule has 0 aliphatic carbocycles. The first-order valence-corrected chi connectivity index (χ1v) is 12.3. The van der Waals surface area contributed by atoms with E-state index in [1.807, 2.05) is 93.6 Å². The quantitative estimate of drug-likeness (QED) is 0.177. The molecular formula is C26H26N6OS2. The maximum atomic E-state index is 5.56. The van der Waals surface area contributed by atoms with Crippen molar-refractivity contribution in [1.82, 2.24) is 15.0 Å². The number of aromatic nitrogens is 3. The second kappa shape index (κ2) is 11.6.